The average molecular weight is 789 g/mol. The molecule has 274 valence electrons. The molecule has 0 heterocycles. The molecular weight excluding hydrogens is 712 g/mol. The van der Waals surface area contributed by atoms with Gasteiger partial charge in [0, 0.05) is 8.95 Å². The van der Waals surface area contributed by atoms with Crippen LogP contribution in [0.4, 0.5) is 0 Å². The van der Waals surface area contributed by atoms with Crippen LogP contribution in [0.5, 0.6) is 0 Å². The van der Waals surface area contributed by atoms with Crippen molar-refractivity contribution in [2.45, 2.75) is 220 Å². The van der Waals surface area contributed by atoms with Crippen molar-refractivity contribution in [3.63, 3.8) is 0 Å². The summed E-state index contributed by atoms with van der Waals surface area (Å²) in [5, 5.41) is 0. The molecule has 0 aromatic heterocycles. The van der Waals surface area contributed by atoms with E-state index in [2.05, 4.69) is 167 Å². The minimum absolute atomic E-state index is 0.123. The highest BCUT2D eigenvalue weighted by Gasteiger charge is 2.33. The largest absolute Gasteiger partial charge is 0.0561 e. The van der Waals surface area contributed by atoms with Crippen LogP contribution in [-0.2, 0) is 32.5 Å². The predicted molar refractivity (Wildman–Crippen MR) is 225 cm³/mol. The standard InChI is InChI=1S/C46H76Br2/c1-41(2,3)33-29-35(43(7,8)9)39(37(47)31-33)45(13,14)27-25-23-21-19-17-18-20-22-24-26-28-46(15,16)40-36(44(10,11)12)30-34(32-38(40)48)42(4,5)6/h29-32H,17-28H2,1-16H3. The van der Waals surface area contributed by atoms with Crippen molar-refractivity contribution >= 4 is 31.9 Å². The van der Waals surface area contributed by atoms with Crippen molar-refractivity contribution in [3.8, 4) is 0 Å². The van der Waals surface area contributed by atoms with E-state index in [4.69, 9.17) is 0 Å². The quantitative estimate of drug-likeness (QED) is 0.158. The van der Waals surface area contributed by atoms with Gasteiger partial charge in [-0.25, -0.2) is 0 Å². The van der Waals surface area contributed by atoms with E-state index < -0.39 is 0 Å². The molecule has 0 unspecified atom stereocenters. The summed E-state index contributed by atoms with van der Waals surface area (Å²) in [6.07, 6.45) is 16.1. The molecule has 0 fully saturated rings. The number of unbranched alkanes of at least 4 members (excludes halogenated alkanes) is 9. The maximum atomic E-state index is 4.03. The summed E-state index contributed by atoms with van der Waals surface area (Å²) in [6.45, 7) is 38.0. The van der Waals surface area contributed by atoms with Gasteiger partial charge in [-0.15, -0.1) is 0 Å². The molecule has 2 aromatic rings. The summed E-state index contributed by atoms with van der Waals surface area (Å²) in [7, 11) is 0. The lowest BCUT2D eigenvalue weighted by Gasteiger charge is -2.36. The van der Waals surface area contributed by atoms with Gasteiger partial charge in [0.05, 0.1) is 0 Å². The molecule has 0 aliphatic carbocycles. The zero-order chi connectivity index (χ0) is 36.9. The van der Waals surface area contributed by atoms with Crippen LogP contribution in [0.2, 0.25) is 0 Å². The topological polar surface area (TPSA) is 0 Å². The second-order valence-electron chi connectivity index (χ2n) is 20.6. The van der Waals surface area contributed by atoms with Crippen LogP contribution in [0.25, 0.3) is 0 Å². The predicted octanol–water partition coefficient (Wildman–Crippen LogP) is 16.3. The highest BCUT2D eigenvalue weighted by molar-refractivity contribution is 9.10. The SMILES string of the molecule is CC(C)(C)c1cc(Br)c(C(C)(C)CCCCCCCCCCCCC(C)(C)c2c(Br)cc(C(C)(C)C)cc2C(C)(C)C)c(C(C)(C)C)c1. The highest BCUT2D eigenvalue weighted by Crippen LogP contribution is 2.45. The van der Waals surface area contributed by atoms with Crippen LogP contribution in [0.1, 0.15) is 221 Å². The van der Waals surface area contributed by atoms with Crippen LogP contribution in [0.3, 0.4) is 0 Å². The molecule has 48 heavy (non-hydrogen) atoms. The maximum absolute atomic E-state index is 4.03. The first kappa shape index (κ1) is 43.6. The molecule has 0 N–H and O–H groups in total. The van der Waals surface area contributed by atoms with E-state index in [9.17, 15) is 0 Å². The molecular formula is C46H76Br2. The first-order valence-electron chi connectivity index (χ1n) is 19.4. The molecule has 0 bridgehead atoms. The van der Waals surface area contributed by atoms with Gasteiger partial charge in [0.1, 0.15) is 0 Å². The van der Waals surface area contributed by atoms with Crippen LogP contribution in [-0.4, -0.2) is 0 Å². The third-order valence-electron chi connectivity index (χ3n) is 10.7. The normalized spacial score (nSPS) is 13.8. The van der Waals surface area contributed by atoms with Gasteiger partial charge >= 0.3 is 0 Å². The Morgan fingerprint density at radius 2 is 0.604 bits per heavy atom. The van der Waals surface area contributed by atoms with Gasteiger partial charge in [-0.2, -0.15) is 0 Å². The fraction of sp³-hybridized carbons (Fsp3) is 0.739. The summed E-state index contributed by atoms with van der Waals surface area (Å²) in [5.41, 5.74) is 9.76. The van der Waals surface area contributed by atoms with E-state index >= 15 is 0 Å². The molecule has 2 heteroatoms. The molecule has 2 aromatic carbocycles. The second kappa shape index (κ2) is 16.8. The van der Waals surface area contributed by atoms with Crippen molar-refractivity contribution in [3.05, 3.63) is 66.6 Å². The van der Waals surface area contributed by atoms with E-state index in [-0.39, 0.29) is 32.5 Å². The Labute approximate surface area is 317 Å². The highest BCUT2D eigenvalue weighted by atomic mass is 79.9. The first-order chi connectivity index (χ1) is 21.7. The number of benzene rings is 2. The van der Waals surface area contributed by atoms with E-state index in [0.717, 1.165) is 0 Å². The van der Waals surface area contributed by atoms with Gasteiger partial charge in [-0.1, -0.05) is 219 Å². The molecule has 0 nitrogen and oxygen atoms in total. The molecule has 0 radical (unpaired) electrons. The lowest BCUT2D eigenvalue weighted by Crippen LogP contribution is -2.27. The van der Waals surface area contributed by atoms with E-state index in [1.807, 2.05) is 0 Å². The Bertz CT molecular complexity index is 1210. The third kappa shape index (κ3) is 12.6. The van der Waals surface area contributed by atoms with Crippen molar-refractivity contribution < 1.29 is 0 Å². The number of hydrogen-bond donors (Lipinski definition) is 0. The zero-order valence-corrected chi connectivity index (χ0v) is 37.7. The summed E-state index contributed by atoms with van der Waals surface area (Å²) < 4.78 is 2.59. The summed E-state index contributed by atoms with van der Waals surface area (Å²) in [4.78, 5) is 0. The van der Waals surface area contributed by atoms with Gasteiger partial charge < -0.3 is 0 Å². The van der Waals surface area contributed by atoms with E-state index in [1.165, 1.54) is 119 Å². The molecule has 2 rings (SSSR count). The maximum Gasteiger partial charge on any atom is 0.0218 e. The Kier molecular flexibility index (Phi) is 15.3. The van der Waals surface area contributed by atoms with Gasteiger partial charge in [0.2, 0.25) is 0 Å². The lowest BCUT2D eigenvalue weighted by atomic mass is 9.70. The van der Waals surface area contributed by atoms with E-state index in [0.29, 0.717) is 0 Å². The summed E-state index contributed by atoms with van der Waals surface area (Å²) >= 11 is 8.06. The monoisotopic (exact) mass is 786 g/mol. The fourth-order valence-corrected chi connectivity index (χ4v) is 9.43. The van der Waals surface area contributed by atoms with Crippen molar-refractivity contribution in [2.75, 3.05) is 0 Å². The third-order valence-corrected chi connectivity index (χ3v) is 12.0. The van der Waals surface area contributed by atoms with Crippen molar-refractivity contribution in [2.24, 2.45) is 0 Å². The Morgan fingerprint density at radius 3 is 0.833 bits per heavy atom. The molecule has 0 aliphatic rings. The second-order valence-corrected chi connectivity index (χ2v) is 22.3. The fourth-order valence-electron chi connectivity index (χ4n) is 7.44. The summed E-state index contributed by atoms with van der Waals surface area (Å²) in [5.74, 6) is 0. The molecule has 0 aliphatic heterocycles. The average Bonchev–Trinajstić information content (AvgIpc) is 2.90. The van der Waals surface area contributed by atoms with Gasteiger partial charge in [0.15, 0.2) is 0 Å². The Morgan fingerprint density at radius 1 is 0.354 bits per heavy atom. The number of rotatable bonds is 15. The van der Waals surface area contributed by atoms with Gasteiger partial charge in [-0.05, 0) is 90.8 Å². The first-order valence-corrected chi connectivity index (χ1v) is 21.0. The molecule has 0 atom stereocenters. The number of hydrogen-bond acceptors (Lipinski definition) is 0. The van der Waals surface area contributed by atoms with Gasteiger partial charge in [-0.3, -0.25) is 0 Å². The molecule has 0 saturated heterocycles. The molecule has 0 saturated carbocycles. The van der Waals surface area contributed by atoms with Crippen LogP contribution >= 0.6 is 31.9 Å². The number of halogens is 2. The minimum atomic E-state index is 0.123. The zero-order valence-electron chi connectivity index (χ0n) is 34.6. The van der Waals surface area contributed by atoms with E-state index in [1.54, 1.807) is 0 Å². The summed E-state index contributed by atoms with van der Waals surface area (Å²) in [6, 6.07) is 9.77. The Hall–Kier alpha value is -0.600. The molecule has 0 amide bonds. The van der Waals surface area contributed by atoms with Crippen molar-refractivity contribution in [1.82, 2.24) is 0 Å². The van der Waals surface area contributed by atoms with Crippen LogP contribution < -0.4 is 0 Å². The van der Waals surface area contributed by atoms with Crippen LogP contribution in [0.15, 0.2) is 33.2 Å². The smallest absolute Gasteiger partial charge is 0.0218 e. The molecule has 0 spiro atoms. The lowest BCUT2D eigenvalue weighted by molar-refractivity contribution is 0.422. The van der Waals surface area contributed by atoms with Gasteiger partial charge in [0.25, 0.3) is 0 Å². The minimum Gasteiger partial charge on any atom is -0.0561 e. The van der Waals surface area contributed by atoms with Crippen LogP contribution in [0, 0.1) is 0 Å². The van der Waals surface area contributed by atoms with Crippen molar-refractivity contribution in [1.29, 1.82) is 0 Å². The Balaban J connectivity index is 1.79.